The number of nitrogens with zero attached hydrogens (tertiary/aromatic N) is 1. The molecule has 0 radical (unpaired) electrons. The number of nitrogens with one attached hydrogen (secondary N) is 1. The van der Waals surface area contributed by atoms with Crippen LogP contribution in [-0.4, -0.2) is 24.4 Å². The van der Waals surface area contributed by atoms with Gasteiger partial charge in [-0.05, 0) is 49.4 Å². The Bertz CT molecular complexity index is 653. The Morgan fingerprint density at radius 3 is 2.86 bits per heavy atom. The summed E-state index contributed by atoms with van der Waals surface area (Å²) in [4.78, 5) is 13.2. The molecule has 0 aliphatic rings. The highest BCUT2D eigenvalue weighted by molar-refractivity contribution is 7.98. The Hall–Kier alpha value is -1.66. The van der Waals surface area contributed by atoms with Crippen LogP contribution in [0.1, 0.15) is 17.7 Å². The fraction of sp³-hybridized carbons (Fsp3) is 0.333. The van der Waals surface area contributed by atoms with Crippen molar-refractivity contribution in [1.29, 1.82) is 0 Å². The number of thioether (sulfide) groups is 1. The Morgan fingerprint density at radius 1 is 1.50 bits per heavy atom. The normalized spacial score (nSPS) is 10.5. The average molecular weight is 341 g/mol. The maximum Gasteiger partial charge on any atom is 0.229 e. The third-order valence-corrected chi connectivity index (χ3v) is 4.24. The molecule has 118 valence electrons. The van der Waals surface area contributed by atoms with E-state index in [0.717, 1.165) is 10.5 Å². The fourth-order valence-corrected chi connectivity index (χ4v) is 2.69. The van der Waals surface area contributed by atoms with Gasteiger partial charge in [-0.25, -0.2) is 0 Å². The summed E-state index contributed by atoms with van der Waals surface area (Å²) in [5.41, 5.74) is 2.12. The Labute approximate surface area is 138 Å². The monoisotopic (exact) mass is 340 g/mol. The maximum atomic E-state index is 12.1. The van der Waals surface area contributed by atoms with Crippen molar-refractivity contribution >= 4 is 35.0 Å². The van der Waals surface area contributed by atoms with Crippen LogP contribution in [0, 0.1) is 6.92 Å². The molecule has 0 spiro atoms. The summed E-state index contributed by atoms with van der Waals surface area (Å²) in [6, 6.07) is 5.66. The lowest BCUT2D eigenvalue weighted by atomic mass is 10.1. The van der Waals surface area contributed by atoms with Gasteiger partial charge < -0.3 is 14.6 Å². The van der Waals surface area contributed by atoms with E-state index in [1.54, 1.807) is 25.8 Å². The van der Waals surface area contributed by atoms with E-state index in [2.05, 4.69) is 10.5 Å². The molecule has 7 heteroatoms. The molecule has 1 heterocycles. The van der Waals surface area contributed by atoms with Gasteiger partial charge in [0.25, 0.3) is 0 Å². The molecule has 0 saturated carbocycles. The Balaban J connectivity index is 2.00. The van der Waals surface area contributed by atoms with Crippen LogP contribution in [-0.2, 0) is 11.2 Å². The van der Waals surface area contributed by atoms with Crippen molar-refractivity contribution in [3.8, 4) is 5.75 Å². The lowest BCUT2D eigenvalue weighted by Crippen LogP contribution is -2.13. The molecule has 5 nitrogen and oxygen atoms in total. The predicted octanol–water partition coefficient (Wildman–Crippen LogP) is 3.94. The molecule has 0 fully saturated rings. The van der Waals surface area contributed by atoms with Crippen LogP contribution in [0.25, 0.3) is 0 Å². The van der Waals surface area contributed by atoms with Crippen molar-refractivity contribution in [3.63, 3.8) is 0 Å². The summed E-state index contributed by atoms with van der Waals surface area (Å²) < 4.78 is 10.2. The van der Waals surface area contributed by atoms with Crippen LogP contribution in [0.5, 0.6) is 5.75 Å². The summed E-state index contributed by atoms with van der Waals surface area (Å²) in [6.07, 6.45) is 2.75. The minimum atomic E-state index is -0.119. The SMILES string of the molecule is COc1cc(SC)ccc1NC(=O)CCc1c(C)noc1Cl. The highest BCUT2D eigenvalue weighted by atomic mass is 35.5. The van der Waals surface area contributed by atoms with E-state index >= 15 is 0 Å². The highest BCUT2D eigenvalue weighted by Gasteiger charge is 2.14. The van der Waals surface area contributed by atoms with Crippen LogP contribution >= 0.6 is 23.4 Å². The van der Waals surface area contributed by atoms with Gasteiger partial charge in [-0.2, -0.15) is 0 Å². The van der Waals surface area contributed by atoms with Crippen LogP contribution < -0.4 is 10.1 Å². The van der Waals surface area contributed by atoms with Crippen molar-refractivity contribution < 1.29 is 14.1 Å². The van der Waals surface area contributed by atoms with Crippen molar-refractivity contribution in [2.75, 3.05) is 18.7 Å². The molecule has 1 amide bonds. The van der Waals surface area contributed by atoms with E-state index in [1.165, 1.54) is 0 Å². The Kier molecular flexibility index (Phi) is 5.74. The van der Waals surface area contributed by atoms with E-state index in [4.69, 9.17) is 20.9 Å². The molecule has 0 bridgehead atoms. The van der Waals surface area contributed by atoms with Crippen LogP contribution in [0.2, 0.25) is 5.22 Å². The number of hydrogen-bond acceptors (Lipinski definition) is 5. The number of methoxy groups -OCH3 is 1. The van der Waals surface area contributed by atoms with Crippen LogP contribution in [0.4, 0.5) is 5.69 Å². The molecule has 1 aromatic heterocycles. The van der Waals surface area contributed by atoms with E-state index < -0.39 is 0 Å². The number of carbonyl (C=O) groups is 1. The van der Waals surface area contributed by atoms with Crippen molar-refractivity contribution in [3.05, 3.63) is 34.7 Å². The maximum absolute atomic E-state index is 12.1. The number of benzene rings is 1. The lowest BCUT2D eigenvalue weighted by Gasteiger charge is -2.11. The quantitative estimate of drug-likeness (QED) is 0.807. The predicted molar refractivity (Wildman–Crippen MR) is 88.0 cm³/mol. The topological polar surface area (TPSA) is 64.4 Å². The third kappa shape index (κ3) is 3.96. The Morgan fingerprint density at radius 2 is 2.27 bits per heavy atom. The molecule has 2 rings (SSSR count). The molecule has 1 aromatic carbocycles. The molecule has 22 heavy (non-hydrogen) atoms. The van der Waals surface area contributed by atoms with Gasteiger partial charge >= 0.3 is 0 Å². The van der Waals surface area contributed by atoms with Crippen molar-refractivity contribution in [1.82, 2.24) is 5.16 Å². The summed E-state index contributed by atoms with van der Waals surface area (Å²) in [5.74, 6) is 0.520. The second-order valence-electron chi connectivity index (χ2n) is 4.63. The van der Waals surface area contributed by atoms with Crippen molar-refractivity contribution in [2.45, 2.75) is 24.7 Å². The van der Waals surface area contributed by atoms with Crippen LogP contribution in [0.15, 0.2) is 27.6 Å². The molecule has 0 aliphatic carbocycles. The van der Waals surface area contributed by atoms with Gasteiger partial charge in [0.1, 0.15) is 5.75 Å². The zero-order chi connectivity index (χ0) is 16.1. The van der Waals surface area contributed by atoms with Gasteiger partial charge in [-0.3, -0.25) is 4.79 Å². The number of amides is 1. The molecule has 0 unspecified atom stereocenters. The molecule has 2 aromatic rings. The average Bonchev–Trinajstić information content (AvgIpc) is 2.84. The van der Waals surface area contributed by atoms with Gasteiger partial charge in [0, 0.05) is 16.9 Å². The molecule has 0 atom stereocenters. The smallest absolute Gasteiger partial charge is 0.229 e. The zero-order valence-corrected chi connectivity index (χ0v) is 14.2. The van der Waals surface area contributed by atoms with E-state index in [9.17, 15) is 4.79 Å². The molecular formula is C15H17ClN2O3S. The third-order valence-electron chi connectivity index (χ3n) is 3.22. The number of aryl methyl sites for hydroxylation is 1. The van der Waals surface area contributed by atoms with Gasteiger partial charge in [-0.1, -0.05) is 5.16 Å². The van der Waals surface area contributed by atoms with Gasteiger partial charge in [-0.15, -0.1) is 11.8 Å². The second kappa shape index (κ2) is 7.56. The largest absolute Gasteiger partial charge is 0.495 e. The number of ether oxygens (including phenoxy) is 1. The summed E-state index contributed by atoms with van der Waals surface area (Å²) in [7, 11) is 1.58. The van der Waals surface area contributed by atoms with E-state index in [1.807, 2.05) is 24.5 Å². The number of rotatable bonds is 6. The standard InChI is InChI=1S/C15H17ClN2O3S/c1-9-11(15(16)21-18-9)5-7-14(19)17-12-6-4-10(22-3)8-13(12)20-2/h4,6,8H,5,7H2,1-3H3,(H,17,19). The first-order chi connectivity index (χ1) is 10.5. The molecular weight excluding hydrogens is 324 g/mol. The van der Waals surface area contributed by atoms with Gasteiger partial charge in [0.15, 0.2) is 0 Å². The number of hydrogen-bond donors (Lipinski definition) is 1. The molecule has 0 aliphatic heterocycles. The first-order valence-corrected chi connectivity index (χ1v) is 8.28. The summed E-state index contributed by atoms with van der Waals surface area (Å²) in [5, 5.41) is 6.85. The molecule has 0 saturated heterocycles. The minimum Gasteiger partial charge on any atom is -0.495 e. The van der Waals surface area contributed by atoms with Crippen LogP contribution in [0.3, 0.4) is 0 Å². The number of aromatic nitrogens is 1. The number of carbonyl (C=O) groups excluding carboxylic acids is 1. The first kappa shape index (κ1) is 16.7. The first-order valence-electron chi connectivity index (χ1n) is 6.67. The molecule has 1 N–H and O–H groups in total. The number of anilines is 1. The highest BCUT2D eigenvalue weighted by Crippen LogP contribution is 2.29. The zero-order valence-electron chi connectivity index (χ0n) is 12.6. The lowest BCUT2D eigenvalue weighted by molar-refractivity contribution is -0.116. The van der Waals surface area contributed by atoms with E-state index in [0.29, 0.717) is 23.6 Å². The minimum absolute atomic E-state index is 0.119. The van der Waals surface area contributed by atoms with E-state index in [-0.39, 0.29) is 17.5 Å². The summed E-state index contributed by atoms with van der Waals surface area (Å²) >= 11 is 7.50. The van der Waals surface area contributed by atoms with Gasteiger partial charge in [0.05, 0.1) is 18.5 Å². The van der Waals surface area contributed by atoms with Gasteiger partial charge in [0.2, 0.25) is 11.1 Å². The summed E-state index contributed by atoms with van der Waals surface area (Å²) in [6.45, 7) is 1.80. The number of halogens is 1. The van der Waals surface area contributed by atoms with Crippen molar-refractivity contribution in [2.24, 2.45) is 0 Å². The second-order valence-corrected chi connectivity index (χ2v) is 5.86. The fourth-order valence-electron chi connectivity index (χ4n) is 1.99.